The molecule has 0 bridgehead atoms. The molecule has 246 valence electrons. The summed E-state index contributed by atoms with van der Waals surface area (Å²) in [4.78, 5) is 2.33. The van der Waals surface area contributed by atoms with Crippen molar-refractivity contribution in [3.63, 3.8) is 0 Å². The van der Waals surface area contributed by atoms with Crippen LogP contribution in [-0.4, -0.2) is 4.57 Å². The summed E-state index contributed by atoms with van der Waals surface area (Å²) in [7, 11) is 0. The summed E-state index contributed by atoms with van der Waals surface area (Å²) in [5, 5.41) is 2.54. The zero-order chi connectivity index (χ0) is 34.9. The average molecular weight is 665 g/mol. The van der Waals surface area contributed by atoms with Gasteiger partial charge in [0, 0.05) is 33.5 Å². The van der Waals surface area contributed by atoms with Gasteiger partial charge in [-0.1, -0.05) is 152 Å². The van der Waals surface area contributed by atoms with Crippen molar-refractivity contribution in [2.75, 3.05) is 4.90 Å². The molecule has 0 N–H and O–H groups in total. The largest absolute Gasteiger partial charge is 0.311 e. The van der Waals surface area contributed by atoms with Gasteiger partial charge in [0.2, 0.25) is 0 Å². The lowest BCUT2D eigenvalue weighted by Crippen LogP contribution is -2.09. The van der Waals surface area contributed by atoms with Crippen LogP contribution in [0.4, 0.5) is 17.1 Å². The predicted molar refractivity (Wildman–Crippen MR) is 222 cm³/mol. The molecule has 0 saturated heterocycles. The third-order valence-electron chi connectivity index (χ3n) is 10.0. The molecule has 0 atom stereocenters. The summed E-state index contributed by atoms with van der Waals surface area (Å²) in [6.45, 7) is 3.89. The first kappa shape index (κ1) is 31.1. The number of para-hydroxylation sites is 2. The van der Waals surface area contributed by atoms with Crippen LogP contribution >= 0.6 is 0 Å². The molecule has 0 amide bonds. The van der Waals surface area contributed by atoms with Crippen molar-refractivity contribution in [3.8, 4) is 39.1 Å². The number of aromatic nitrogens is 1. The standard InChI is InChI=1S/C50H36N2/c1-2-36-16-18-38(19-17-36)40-22-30-44(31-23-40)51(43-28-20-39(21-29-43)37-10-4-3-5-11-37)45-32-24-41(25-33-45)42-26-34-46(35-27-42)52-49-14-8-6-12-47(49)48-13-7-9-15-50(48)52/h2-35H,1H2. The van der Waals surface area contributed by atoms with Gasteiger partial charge in [0.15, 0.2) is 0 Å². The van der Waals surface area contributed by atoms with E-state index in [0.717, 1.165) is 28.3 Å². The molecule has 0 unspecified atom stereocenters. The highest BCUT2D eigenvalue weighted by Crippen LogP contribution is 2.38. The molecule has 52 heavy (non-hydrogen) atoms. The van der Waals surface area contributed by atoms with E-state index in [1.165, 1.54) is 55.2 Å². The van der Waals surface area contributed by atoms with Gasteiger partial charge in [-0.2, -0.15) is 0 Å². The lowest BCUT2D eigenvalue weighted by atomic mass is 10.0. The van der Waals surface area contributed by atoms with Crippen LogP contribution in [0.5, 0.6) is 0 Å². The number of hydrogen-bond donors (Lipinski definition) is 0. The first-order valence-electron chi connectivity index (χ1n) is 17.7. The molecule has 0 aliphatic heterocycles. The molecule has 0 spiro atoms. The van der Waals surface area contributed by atoms with E-state index in [1.807, 2.05) is 6.08 Å². The van der Waals surface area contributed by atoms with E-state index in [-0.39, 0.29) is 0 Å². The van der Waals surface area contributed by atoms with Crippen LogP contribution < -0.4 is 4.90 Å². The fourth-order valence-corrected chi connectivity index (χ4v) is 7.30. The van der Waals surface area contributed by atoms with Gasteiger partial charge in [0.25, 0.3) is 0 Å². The highest BCUT2D eigenvalue weighted by atomic mass is 15.1. The zero-order valence-electron chi connectivity index (χ0n) is 28.7. The zero-order valence-corrected chi connectivity index (χ0v) is 28.7. The van der Waals surface area contributed by atoms with Crippen molar-refractivity contribution in [1.29, 1.82) is 0 Å². The number of rotatable bonds is 8. The molecule has 1 heterocycles. The van der Waals surface area contributed by atoms with E-state index in [2.05, 4.69) is 216 Å². The third kappa shape index (κ3) is 5.77. The molecule has 1 aromatic heterocycles. The Kier molecular flexibility index (Phi) is 8.03. The Morgan fingerprint density at radius 3 is 1.12 bits per heavy atom. The summed E-state index contributed by atoms with van der Waals surface area (Å²) in [5.74, 6) is 0. The molecular weight excluding hydrogens is 629 g/mol. The minimum Gasteiger partial charge on any atom is -0.311 e. The highest BCUT2D eigenvalue weighted by Gasteiger charge is 2.15. The Morgan fingerprint density at radius 1 is 0.346 bits per heavy atom. The van der Waals surface area contributed by atoms with E-state index in [0.29, 0.717) is 0 Å². The van der Waals surface area contributed by atoms with Crippen LogP contribution in [0, 0.1) is 0 Å². The SMILES string of the molecule is C=Cc1ccc(-c2ccc(N(c3ccc(-c4ccccc4)cc3)c3ccc(-c4ccc(-n5c6ccccc6c6ccccc65)cc4)cc3)cc2)cc1. The van der Waals surface area contributed by atoms with Crippen molar-refractivity contribution in [1.82, 2.24) is 4.57 Å². The maximum atomic E-state index is 3.89. The van der Waals surface area contributed by atoms with Gasteiger partial charge in [-0.05, 0) is 99.6 Å². The van der Waals surface area contributed by atoms with Crippen molar-refractivity contribution in [2.45, 2.75) is 0 Å². The van der Waals surface area contributed by atoms with E-state index in [4.69, 9.17) is 0 Å². The van der Waals surface area contributed by atoms with E-state index in [9.17, 15) is 0 Å². The smallest absolute Gasteiger partial charge is 0.0541 e. The fraction of sp³-hybridized carbons (Fsp3) is 0. The van der Waals surface area contributed by atoms with Crippen molar-refractivity contribution < 1.29 is 0 Å². The predicted octanol–water partition coefficient (Wildman–Crippen LogP) is 13.9. The van der Waals surface area contributed by atoms with Crippen LogP contribution in [0.15, 0.2) is 207 Å². The van der Waals surface area contributed by atoms with Crippen LogP contribution in [0.2, 0.25) is 0 Å². The Hall–Kier alpha value is -6.90. The van der Waals surface area contributed by atoms with Gasteiger partial charge < -0.3 is 9.47 Å². The van der Waals surface area contributed by atoms with Gasteiger partial charge >= 0.3 is 0 Å². The first-order chi connectivity index (χ1) is 25.7. The Morgan fingerprint density at radius 2 is 0.692 bits per heavy atom. The molecule has 0 aliphatic rings. The minimum atomic E-state index is 1.10. The summed E-state index contributed by atoms with van der Waals surface area (Å²) < 4.78 is 2.36. The van der Waals surface area contributed by atoms with E-state index < -0.39 is 0 Å². The quantitative estimate of drug-likeness (QED) is 0.157. The molecule has 0 aliphatic carbocycles. The molecule has 0 fully saturated rings. The van der Waals surface area contributed by atoms with Gasteiger partial charge in [-0.25, -0.2) is 0 Å². The van der Waals surface area contributed by atoms with Crippen LogP contribution in [0.25, 0.3) is 66.9 Å². The number of fused-ring (bicyclic) bond motifs is 3. The highest BCUT2D eigenvalue weighted by molar-refractivity contribution is 6.09. The second kappa shape index (κ2) is 13.4. The number of nitrogens with zero attached hydrogens (tertiary/aromatic N) is 2. The molecule has 2 heteroatoms. The maximum absolute atomic E-state index is 3.89. The fourth-order valence-electron chi connectivity index (χ4n) is 7.30. The third-order valence-corrected chi connectivity index (χ3v) is 10.0. The van der Waals surface area contributed by atoms with Gasteiger partial charge in [0.1, 0.15) is 0 Å². The normalized spacial score (nSPS) is 11.2. The number of hydrogen-bond acceptors (Lipinski definition) is 1. The molecule has 2 nitrogen and oxygen atoms in total. The van der Waals surface area contributed by atoms with E-state index in [1.54, 1.807) is 0 Å². The monoisotopic (exact) mass is 664 g/mol. The Bertz CT molecular complexity index is 2580. The number of anilines is 3. The van der Waals surface area contributed by atoms with Crippen LogP contribution in [0.1, 0.15) is 5.56 Å². The Labute approximate surface area is 304 Å². The molecular formula is C50H36N2. The van der Waals surface area contributed by atoms with Crippen molar-refractivity contribution in [3.05, 3.63) is 212 Å². The summed E-state index contributed by atoms with van der Waals surface area (Å²) in [6, 6.07) is 71.9. The molecule has 0 saturated carbocycles. The second-order valence-corrected chi connectivity index (χ2v) is 13.1. The average Bonchev–Trinajstić information content (AvgIpc) is 3.57. The molecule has 0 radical (unpaired) electrons. The summed E-state index contributed by atoms with van der Waals surface area (Å²) in [5.41, 5.74) is 15.1. The topological polar surface area (TPSA) is 8.17 Å². The van der Waals surface area contributed by atoms with E-state index >= 15 is 0 Å². The molecule has 9 aromatic rings. The van der Waals surface area contributed by atoms with Crippen molar-refractivity contribution in [2.24, 2.45) is 0 Å². The minimum absolute atomic E-state index is 1.10. The molecule has 8 aromatic carbocycles. The lowest BCUT2D eigenvalue weighted by Gasteiger charge is -2.26. The first-order valence-corrected chi connectivity index (χ1v) is 17.7. The Balaban J connectivity index is 1.05. The maximum Gasteiger partial charge on any atom is 0.0541 e. The summed E-state index contributed by atoms with van der Waals surface area (Å²) in [6.07, 6.45) is 1.88. The second-order valence-electron chi connectivity index (χ2n) is 13.1. The lowest BCUT2D eigenvalue weighted by molar-refractivity contribution is 1.18. The van der Waals surface area contributed by atoms with Gasteiger partial charge in [-0.15, -0.1) is 0 Å². The molecule has 9 rings (SSSR count). The summed E-state index contributed by atoms with van der Waals surface area (Å²) >= 11 is 0. The van der Waals surface area contributed by atoms with Gasteiger partial charge in [0.05, 0.1) is 11.0 Å². The van der Waals surface area contributed by atoms with Gasteiger partial charge in [-0.3, -0.25) is 0 Å². The van der Waals surface area contributed by atoms with Crippen LogP contribution in [0.3, 0.4) is 0 Å². The van der Waals surface area contributed by atoms with Crippen molar-refractivity contribution >= 4 is 44.9 Å². The van der Waals surface area contributed by atoms with Crippen LogP contribution in [-0.2, 0) is 0 Å². The number of benzene rings is 8.